The molecule has 0 radical (unpaired) electrons. The van der Waals surface area contributed by atoms with Crippen LogP contribution in [0.2, 0.25) is 0 Å². The fourth-order valence-corrected chi connectivity index (χ4v) is 4.72. The van der Waals surface area contributed by atoms with Gasteiger partial charge in [-0.25, -0.2) is 4.98 Å². The maximum absolute atomic E-state index is 12.9. The predicted octanol–water partition coefficient (Wildman–Crippen LogP) is 5.03. The normalized spacial score (nSPS) is 11.4. The van der Waals surface area contributed by atoms with E-state index in [9.17, 15) is 4.79 Å². The lowest BCUT2D eigenvalue weighted by molar-refractivity contribution is 0.982. The van der Waals surface area contributed by atoms with Crippen LogP contribution in [-0.4, -0.2) is 15.0 Å². The van der Waals surface area contributed by atoms with E-state index < -0.39 is 0 Å². The van der Waals surface area contributed by atoms with Crippen LogP contribution < -0.4 is 5.56 Å². The number of aryl methyl sites for hydroxylation is 1. The zero-order chi connectivity index (χ0) is 18.4. The number of para-hydroxylation sites is 1. The number of fused-ring (bicyclic) bond motifs is 2. The quantitative estimate of drug-likeness (QED) is 0.467. The van der Waals surface area contributed by atoms with Gasteiger partial charge in [-0.1, -0.05) is 48.5 Å². The van der Waals surface area contributed by atoms with E-state index in [-0.39, 0.29) is 5.56 Å². The van der Waals surface area contributed by atoms with Crippen LogP contribution in [0.1, 0.15) is 16.3 Å². The smallest absolute Gasteiger partial charge is 0.260 e. The van der Waals surface area contributed by atoms with Crippen molar-refractivity contribution in [2.24, 2.45) is 0 Å². The Kier molecular flexibility index (Phi) is 3.69. The third-order valence-electron chi connectivity index (χ3n) is 4.88. The molecule has 2 aromatic carbocycles. The fourth-order valence-electron chi connectivity index (χ4n) is 3.66. The van der Waals surface area contributed by atoms with E-state index in [0.717, 1.165) is 37.3 Å². The Morgan fingerprint density at radius 2 is 1.81 bits per heavy atom. The van der Waals surface area contributed by atoms with Crippen molar-refractivity contribution in [3.05, 3.63) is 87.4 Å². The van der Waals surface area contributed by atoms with Crippen LogP contribution in [-0.2, 0) is 6.42 Å². The first-order valence-corrected chi connectivity index (χ1v) is 9.65. The van der Waals surface area contributed by atoms with Crippen LogP contribution in [0.15, 0.2) is 65.6 Å². The molecule has 0 spiro atoms. The van der Waals surface area contributed by atoms with Gasteiger partial charge in [-0.3, -0.25) is 4.79 Å². The molecule has 0 unspecified atom stereocenters. The number of hydrogen-bond donors (Lipinski definition) is 2. The summed E-state index contributed by atoms with van der Waals surface area (Å²) in [5.41, 5.74) is 4.19. The summed E-state index contributed by atoms with van der Waals surface area (Å²) in [5.74, 6) is 0.693. The number of aromatic amines is 2. The number of thiophene rings is 1. The highest BCUT2D eigenvalue weighted by atomic mass is 32.1. The maximum atomic E-state index is 12.9. The Morgan fingerprint density at radius 1 is 1.04 bits per heavy atom. The van der Waals surface area contributed by atoms with Crippen molar-refractivity contribution >= 4 is 32.5 Å². The first-order chi connectivity index (χ1) is 13.2. The van der Waals surface area contributed by atoms with E-state index in [4.69, 9.17) is 4.98 Å². The minimum absolute atomic E-state index is 0.0713. The molecule has 5 rings (SSSR count). The number of hydrogen-bond acceptors (Lipinski definition) is 3. The molecule has 132 valence electrons. The molecule has 3 heterocycles. The van der Waals surface area contributed by atoms with Crippen LogP contribution in [0.3, 0.4) is 0 Å². The van der Waals surface area contributed by atoms with Gasteiger partial charge >= 0.3 is 0 Å². The number of rotatable bonds is 3. The number of H-pyrrole nitrogens is 2. The second-order valence-electron chi connectivity index (χ2n) is 6.63. The van der Waals surface area contributed by atoms with E-state index in [1.165, 1.54) is 0 Å². The average molecular weight is 371 g/mol. The van der Waals surface area contributed by atoms with Crippen LogP contribution >= 0.6 is 11.3 Å². The lowest BCUT2D eigenvalue weighted by Gasteiger charge is -2.03. The van der Waals surface area contributed by atoms with Crippen LogP contribution in [0.5, 0.6) is 0 Å². The third kappa shape index (κ3) is 2.67. The van der Waals surface area contributed by atoms with E-state index in [0.29, 0.717) is 17.6 Å². The largest absolute Gasteiger partial charge is 0.361 e. The second kappa shape index (κ2) is 6.21. The van der Waals surface area contributed by atoms with Gasteiger partial charge in [0, 0.05) is 34.0 Å². The van der Waals surface area contributed by atoms with Crippen molar-refractivity contribution in [1.82, 2.24) is 15.0 Å². The number of nitrogens with zero attached hydrogens (tertiary/aromatic N) is 1. The van der Waals surface area contributed by atoms with Crippen molar-refractivity contribution in [3.8, 4) is 11.1 Å². The van der Waals surface area contributed by atoms with E-state index in [2.05, 4.69) is 16.0 Å². The van der Waals surface area contributed by atoms with Gasteiger partial charge in [0.2, 0.25) is 0 Å². The zero-order valence-electron chi connectivity index (χ0n) is 14.7. The van der Waals surface area contributed by atoms with Crippen LogP contribution in [0.4, 0.5) is 0 Å². The van der Waals surface area contributed by atoms with Gasteiger partial charge in [0.05, 0.1) is 5.39 Å². The summed E-state index contributed by atoms with van der Waals surface area (Å²) in [6.45, 7) is 2.05. The average Bonchev–Trinajstić information content (AvgIpc) is 3.23. The Labute approximate surface area is 159 Å². The maximum Gasteiger partial charge on any atom is 0.260 e. The summed E-state index contributed by atoms with van der Waals surface area (Å²) in [5, 5.41) is 1.85. The molecule has 0 atom stereocenters. The monoisotopic (exact) mass is 371 g/mol. The van der Waals surface area contributed by atoms with Gasteiger partial charge in [-0.15, -0.1) is 11.3 Å². The number of nitrogens with one attached hydrogen (secondary N) is 2. The number of aromatic nitrogens is 3. The van der Waals surface area contributed by atoms with Crippen molar-refractivity contribution in [1.29, 1.82) is 0 Å². The van der Waals surface area contributed by atoms with Gasteiger partial charge in [-0.05, 0) is 24.1 Å². The molecule has 0 saturated carbocycles. The Hall–Kier alpha value is -3.18. The number of benzene rings is 2. The van der Waals surface area contributed by atoms with Gasteiger partial charge < -0.3 is 9.97 Å². The molecule has 0 amide bonds. The van der Waals surface area contributed by atoms with E-state index in [1.54, 1.807) is 11.3 Å². The molecule has 0 saturated heterocycles. The predicted molar refractivity (Wildman–Crippen MR) is 112 cm³/mol. The highest BCUT2D eigenvalue weighted by Crippen LogP contribution is 2.35. The van der Waals surface area contributed by atoms with Gasteiger partial charge in [0.25, 0.3) is 5.56 Å². The van der Waals surface area contributed by atoms with Crippen molar-refractivity contribution in [2.75, 3.05) is 0 Å². The summed E-state index contributed by atoms with van der Waals surface area (Å²) in [6.07, 6.45) is 2.58. The van der Waals surface area contributed by atoms with Crippen LogP contribution in [0.25, 0.3) is 32.2 Å². The highest BCUT2D eigenvalue weighted by molar-refractivity contribution is 7.19. The van der Waals surface area contributed by atoms with Crippen LogP contribution in [0, 0.1) is 6.92 Å². The molecule has 4 nitrogen and oxygen atoms in total. The highest BCUT2D eigenvalue weighted by Gasteiger charge is 2.17. The summed E-state index contributed by atoms with van der Waals surface area (Å²) >= 11 is 1.58. The molecule has 0 fully saturated rings. The molecule has 3 aromatic heterocycles. The van der Waals surface area contributed by atoms with Gasteiger partial charge in [-0.2, -0.15) is 0 Å². The molecule has 0 aliphatic rings. The van der Waals surface area contributed by atoms with E-state index >= 15 is 0 Å². The SMILES string of the molecule is Cc1sc2nc(Cc3c[nH]c4ccccc34)[nH]c(=O)c2c1-c1ccccc1. The topological polar surface area (TPSA) is 61.5 Å². The molecule has 5 heteroatoms. The molecule has 5 aromatic rings. The standard InChI is InChI=1S/C22H17N3OS/c1-13-19(14-7-3-2-4-8-14)20-21(26)24-18(25-22(20)27-13)11-15-12-23-17-10-6-5-9-16(15)17/h2-10,12,23H,11H2,1H3,(H,24,25,26). The third-order valence-corrected chi connectivity index (χ3v) is 5.88. The van der Waals surface area contributed by atoms with E-state index in [1.807, 2.05) is 61.7 Å². The first kappa shape index (κ1) is 16.0. The van der Waals surface area contributed by atoms with Crippen molar-refractivity contribution < 1.29 is 0 Å². The minimum atomic E-state index is -0.0713. The van der Waals surface area contributed by atoms with Crippen molar-refractivity contribution in [2.45, 2.75) is 13.3 Å². The minimum Gasteiger partial charge on any atom is -0.361 e. The Morgan fingerprint density at radius 3 is 2.67 bits per heavy atom. The van der Waals surface area contributed by atoms with Crippen molar-refractivity contribution in [3.63, 3.8) is 0 Å². The summed E-state index contributed by atoms with van der Waals surface area (Å²) in [7, 11) is 0. The molecule has 0 aliphatic heterocycles. The Balaban J connectivity index is 1.63. The molecular formula is C22H17N3OS. The summed E-state index contributed by atoms with van der Waals surface area (Å²) < 4.78 is 0. The molecular weight excluding hydrogens is 354 g/mol. The second-order valence-corrected chi connectivity index (χ2v) is 7.83. The zero-order valence-corrected chi connectivity index (χ0v) is 15.6. The molecule has 0 aliphatic carbocycles. The lowest BCUT2D eigenvalue weighted by Crippen LogP contribution is -2.11. The first-order valence-electron chi connectivity index (χ1n) is 8.83. The fraction of sp³-hybridized carbons (Fsp3) is 0.0909. The Bertz CT molecular complexity index is 1330. The summed E-state index contributed by atoms with van der Waals surface area (Å²) in [6, 6.07) is 18.2. The van der Waals surface area contributed by atoms with Gasteiger partial charge in [0.1, 0.15) is 10.7 Å². The lowest BCUT2D eigenvalue weighted by atomic mass is 10.0. The molecule has 2 N–H and O–H groups in total. The summed E-state index contributed by atoms with van der Waals surface area (Å²) in [4.78, 5) is 25.9. The molecule has 0 bridgehead atoms. The van der Waals surface area contributed by atoms with Gasteiger partial charge in [0.15, 0.2) is 0 Å². The molecule has 27 heavy (non-hydrogen) atoms.